The van der Waals surface area contributed by atoms with Gasteiger partial charge < -0.3 is 15.5 Å². The fraction of sp³-hybridized carbons (Fsp3) is 0.538. The van der Waals surface area contributed by atoms with Crippen LogP contribution < -0.4 is 10.6 Å². The molecule has 100 valence electrons. The zero-order chi connectivity index (χ0) is 13.4. The van der Waals surface area contributed by atoms with Crippen LogP contribution in [0.25, 0.3) is 0 Å². The lowest BCUT2D eigenvalue weighted by Crippen LogP contribution is -2.28. The van der Waals surface area contributed by atoms with E-state index in [2.05, 4.69) is 34.4 Å². The zero-order valence-corrected chi connectivity index (χ0v) is 11.4. The first-order valence-electron chi connectivity index (χ1n) is 6.35. The highest BCUT2D eigenvalue weighted by atomic mass is 16.1. The molecule has 0 aromatic carbocycles. The lowest BCUT2D eigenvalue weighted by Gasteiger charge is -2.18. The van der Waals surface area contributed by atoms with Crippen LogP contribution >= 0.6 is 0 Å². The third kappa shape index (κ3) is 4.33. The summed E-state index contributed by atoms with van der Waals surface area (Å²) in [5.41, 5.74) is 1.36. The number of amides is 1. The molecule has 2 N–H and O–H groups in total. The predicted molar refractivity (Wildman–Crippen MR) is 73.9 cm³/mol. The van der Waals surface area contributed by atoms with Crippen molar-refractivity contribution < 1.29 is 4.79 Å². The summed E-state index contributed by atoms with van der Waals surface area (Å²) in [6, 6.07) is 3.63. The fourth-order valence-corrected chi connectivity index (χ4v) is 1.69. The van der Waals surface area contributed by atoms with E-state index >= 15 is 0 Å². The van der Waals surface area contributed by atoms with Gasteiger partial charge in [-0.1, -0.05) is 13.8 Å². The minimum atomic E-state index is -0.164. The molecular formula is C13H22N4O. The lowest BCUT2D eigenvalue weighted by molar-refractivity contribution is 0.0958. The van der Waals surface area contributed by atoms with Crippen molar-refractivity contribution in [2.24, 2.45) is 0 Å². The van der Waals surface area contributed by atoms with E-state index in [0.717, 1.165) is 31.9 Å². The number of likely N-dealkylation sites (N-methyl/N-ethyl adjacent to an activating group) is 1. The molecule has 0 spiro atoms. The minimum Gasteiger partial charge on any atom is -0.384 e. The van der Waals surface area contributed by atoms with E-state index in [9.17, 15) is 4.79 Å². The Labute approximate surface area is 109 Å². The molecule has 0 atom stereocenters. The van der Waals surface area contributed by atoms with Crippen LogP contribution in [0.3, 0.4) is 0 Å². The number of nitrogens with one attached hydrogen (secondary N) is 2. The van der Waals surface area contributed by atoms with E-state index in [1.165, 1.54) is 0 Å². The molecule has 0 saturated carbocycles. The summed E-state index contributed by atoms with van der Waals surface area (Å²) < 4.78 is 0. The minimum absolute atomic E-state index is 0.164. The number of rotatable bonds is 7. The molecule has 1 amide bonds. The van der Waals surface area contributed by atoms with Gasteiger partial charge in [-0.2, -0.15) is 0 Å². The average molecular weight is 250 g/mol. The molecule has 5 heteroatoms. The van der Waals surface area contributed by atoms with Gasteiger partial charge in [-0.3, -0.25) is 9.78 Å². The Morgan fingerprint density at radius 2 is 2.11 bits per heavy atom. The molecule has 0 aliphatic rings. The highest BCUT2D eigenvalue weighted by Crippen LogP contribution is 2.07. The van der Waals surface area contributed by atoms with Gasteiger partial charge in [-0.25, -0.2) is 0 Å². The third-order valence-electron chi connectivity index (χ3n) is 2.87. The second-order valence-electron chi connectivity index (χ2n) is 3.96. The molecule has 0 radical (unpaired) electrons. The summed E-state index contributed by atoms with van der Waals surface area (Å²) in [7, 11) is 1.60. The van der Waals surface area contributed by atoms with Crippen molar-refractivity contribution in [2.45, 2.75) is 13.8 Å². The maximum atomic E-state index is 11.4. The van der Waals surface area contributed by atoms with Crippen LogP contribution in [0, 0.1) is 0 Å². The van der Waals surface area contributed by atoms with Gasteiger partial charge in [0.15, 0.2) is 0 Å². The Kier molecular flexibility index (Phi) is 6.14. The Morgan fingerprint density at radius 1 is 1.39 bits per heavy atom. The summed E-state index contributed by atoms with van der Waals surface area (Å²) in [5.74, 6) is -0.164. The van der Waals surface area contributed by atoms with E-state index in [1.807, 2.05) is 6.07 Å². The van der Waals surface area contributed by atoms with Crippen LogP contribution in [0.4, 0.5) is 5.69 Å². The summed E-state index contributed by atoms with van der Waals surface area (Å²) >= 11 is 0. The van der Waals surface area contributed by atoms with Crippen LogP contribution in [0.2, 0.25) is 0 Å². The maximum absolute atomic E-state index is 11.4. The fourth-order valence-electron chi connectivity index (χ4n) is 1.69. The molecule has 18 heavy (non-hydrogen) atoms. The lowest BCUT2D eigenvalue weighted by atomic mass is 10.3. The van der Waals surface area contributed by atoms with E-state index in [4.69, 9.17) is 0 Å². The number of nitrogens with zero attached hydrogens (tertiary/aromatic N) is 2. The van der Waals surface area contributed by atoms with Crippen LogP contribution in [-0.4, -0.2) is 49.0 Å². The Balaban J connectivity index is 2.50. The molecule has 0 unspecified atom stereocenters. The predicted octanol–water partition coefficient (Wildman–Crippen LogP) is 1.19. The SMILES string of the molecule is CCN(CC)CCNc1ccnc(C(=O)NC)c1. The Hall–Kier alpha value is -1.62. The zero-order valence-electron chi connectivity index (χ0n) is 11.4. The number of carbonyl (C=O) groups excluding carboxylic acids is 1. The molecule has 0 aliphatic heterocycles. The first kappa shape index (κ1) is 14.4. The molecule has 1 rings (SSSR count). The van der Waals surface area contributed by atoms with Gasteiger partial charge in [0.1, 0.15) is 5.69 Å². The van der Waals surface area contributed by atoms with E-state index in [-0.39, 0.29) is 5.91 Å². The normalized spacial score (nSPS) is 10.4. The van der Waals surface area contributed by atoms with Gasteiger partial charge >= 0.3 is 0 Å². The van der Waals surface area contributed by atoms with Gasteiger partial charge in [-0.15, -0.1) is 0 Å². The van der Waals surface area contributed by atoms with E-state index in [1.54, 1.807) is 19.3 Å². The van der Waals surface area contributed by atoms with Crippen molar-refractivity contribution in [3.05, 3.63) is 24.0 Å². The maximum Gasteiger partial charge on any atom is 0.269 e. The summed E-state index contributed by atoms with van der Waals surface area (Å²) in [5, 5.41) is 5.87. The number of pyridine rings is 1. The van der Waals surface area contributed by atoms with Crippen molar-refractivity contribution >= 4 is 11.6 Å². The van der Waals surface area contributed by atoms with Crippen molar-refractivity contribution in [2.75, 3.05) is 38.5 Å². The van der Waals surface area contributed by atoms with Gasteiger partial charge in [0.05, 0.1) is 0 Å². The second kappa shape index (κ2) is 7.66. The van der Waals surface area contributed by atoms with Crippen LogP contribution in [0.5, 0.6) is 0 Å². The highest BCUT2D eigenvalue weighted by molar-refractivity contribution is 5.92. The van der Waals surface area contributed by atoms with Gasteiger partial charge in [0, 0.05) is 32.0 Å². The van der Waals surface area contributed by atoms with Crippen molar-refractivity contribution in [1.82, 2.24) is 15.2 Å². The number of hydrogen-bond acceptors (Lipinski definition) is 4. The smallest absolute Gasteiger partial charge is 0.269 e. The second-order valence-corrected chi connectivity index (χ2v) is 3.96. The molecule has 0 bridgehead atoms. The Bertz CT molecular complexity index is 377. The molecule has 0 aliphatic carbocycles. The van der Waals surface area contributed by atoms with Crippen LogP contribution in [-0.2, 0) is 0 Å². The number of hydrogen-bond donors (Lipinski definition) is 2. The summed E-state index contributed by atoms with van der Waals surface area (Å²) in [6.07, 6.45) is 1.64. The first-order chi connectivity index (χ1) is 8.71. The molecule has 5 nitrogen and oxygen atoms in total. The molecule has 1 aromatic rings. The number of aromatic nitrogens is 1. The monoisotopic (exact) mass is 250 g/mol. The molecule has 0 saturated heterocycles. The van der Waals surface area contributed by atoms with Gasteiger partial charge in [-0.05, 0) is 25.2 Å². The standard InChI is InChI=1S/C13H22N4O/c1-4-17(5-2)9-8-15-11-6-7-16-12(10-11)13(18)14-3/h6-7,10H,4-5,8-9H2,1-3H3,(H,14,18)(H,15,16). The van der Waals surface area contributed by atoms with Crippen LogP contribution in [0.1, 0.15) is 24.3 Å². The third-order valence-corrected chi connectivity index (χ3v) is 2.87. The molecular weight excluding hydrogens is 228 g/mol. The van der Waals surface area contributed by atoms with Gasteiger partial charge in [0.2, 0.25) is 0 Å². The first-order valence-corrected chi connectivity index (χ1v) is 6.35. The topological polar surface area (TPSA) is 57.3 Å². The molecule has 1 heterocycles. The number of carbonyl (C=O) groups is 1. The summed E-state index contributed by atoms with van der Waals surface area (Å²) in [4.78, 5) is 17.8. The van der Waals surface area contributed by atoms with Crippen LogP contribution in [0.15, 0.2) is 18.3 Å². The summed E-state index contributed by atoms with van der Waals surface area (Å²) in [6.45, 7) is 8.26. The molecule has 1 aromatic heterocycles. The van der Waals surface area contributed by atoms with Crippen molar-refractivity contribution in [3.8, 4) is 0 Å². The Morgan fingerprint density at radius 3 is 2.72 bits per heavy atom. The van der Waals surface area contributed by atoms with Crippen molar-refractivity contribution in [3.63, 3.8) is 0 Å². The van der Waals surface area contributed by atoms with E-state index < -0.39 is 0 Å². The quantitative estimate of drug-likeness (QED) is 0.763. The number of anilines is 1. The largest absolute Gasteiger partial charge is 0.384 e. The van der Waals surface area contributed by atoms with Crippen molar-refractivity contribution in [1.29, 1.82) is 0 Å². The van der Waals surface area contributed by atoms with E-state index in [0.29, 0.717) is 5.69 Å². The molecule has 0 fully saturated rings. The van der Waals surface area contributed by atoms with Gasteiger partial charge in [0.25, 0.3) is 5.91 Å². The highest BCUT2D eigenvalue weighted by Gasteiger charge is 2.05. The average Bonchev–Trinajstić information content (AvgIpc) is 2.43.